The van der Waals surface area contributed by atoms with Crippen LogP contribution < -0.4 is 4.90 Å². The highest BCUT2D eigenvalue weighted by Gasteiger charge is 2.20. The summed E-state index contributed by atoms with van der Waals surface area (Å²) in [5.74, 6) is 0. The molecule has 0 aliphatic carbocycles. The maximum atomic E-state index is 12.1. The van der Waals surface area contributed by atoms with Crippen molar-refractivity contribution in [3.8, 4) is 11.3 Å². The van der Waals surface area contributed by atoms with Crippen molar-refractivity contribution in [1.82, 2.24) is 0 Å². The summed E-state index contributed by atoms with van der Waals surface area (Å²) in [4.78, 5) is 0.604. The maximum absolute atomic E-state index is 12.1. The van der Waals surface area contributed by atoms with Crippen LogP contribution in [0.15, 0.2) is 71.3 Å². The summed E-state index contributed by atoms with van der Waals surface area (Å²) in [7, 11) is 0. The number of hydrogen-bond donors (Lipinski definition) is 0. The van der Waals surface area contributed by atoms with Gasteiger partial charge in [0.15, 0.2) is 0 Å². The second-order valence-corrected chi connectivity index (χ2v) is 4.72. The fraction of sp³-hybridized carbons (Fsp3) is 0. The molecular formula is C17H11NO2. The summed E-state index contributed by atoms with van der Waals surface area (Å²) in [6, 6.07) is 21.4. The zero-order chi connectivity index (χ0) is 13.5. The molecule has 4 aromatic rings. The maximum Gasteiger partial charge on any atom is 0.284 e. The molecule has 0 fully saturated rings. The number of benzene rings is 3. The lowest BCUT2D eigenvalue weighted by atomic mass is 10.0. The first-order chi connectivity index (χ1) is 9.84. The van der Waals surface area contributed by atoms with Crippen LogP contribution in [0, 0.1) is 5.21 Å². The zero-order valence-electron chi connectivity index (χ0n) is 10.6. The van der Waals surface area contributed by atoms with Gasteiger partial charge in [-0.25, -0.2) is 0 Å². The molecule has 20 heavy (non-hydrogen) atoms. The van der Waals surface area contributed by atoms with E-state index in [2.05, 4.69) is 0 Å². The minimum Gasteiger partial charge on any atom is -0.366 e. The van der Waals surface area contributed by atoms with Gasteiger partial charge in [-0.2, -0.15) is 0 Å². The predicted molar refractivity (Wildman–Crippen MR) is 78.1 cm³/mol. The Balaban J connectivity index is 2.20. The summed E-state index contributed by atoms with van der Waals surface area (Å²) in [6.07, 6.45) is 0. The quantitative estimate of drug-likeness (QED) is 0.488. The fourth-order valence-electron chi connectivity index (χ4n) is 2.64. The molecule has 3 nitrogen and oxygen atoms in total. The summed E-state index contributed by atoms with van der Waals surface area (Å²) >= 11 is 0. The van der Waals surface area contributed by atoms with Crippen LogP contribution in [0.4, 0.5) is 0 Å². The Bertz CT molecular complexity index is 910. The number of fused-ring (bicyclic) bond motifs is 3. The molecule has 96 valence electrons. The molecule has 1 aromatic heterocycles. The molecule has 1 heterocycles. The number of rotatable bonds is 1. The molecule has 0 aliphatic rings. The van der Waals surface area contributed by atoms with Crippen LogP contribution in [-0.4, -0.2) is 0 Å². The topological polar surface area (TPSA) is 40.1 Å². The fourth-order valence-corrected chi connectivity index (χ4v) is 2.64. The monoisotopic (exact) mass is 261 g/mol. The van der Waals surface area contributed by atoms with Crippen molar-refractivity contribution in [3.63, 3.8) is 0 Å². The Labute approximate surface area is 115 Å². The van der Waals surface area contributed by atoms with Crippen molar-refractivity contribution in [3.05, 3.63) is 71.9 Å². The minimum atomic E-state index is 0.567. The average Bonchev–Trinajstić information content (AvgIpc) is 2.84. The third-order valence-corrected chi connectivity index (χ3v) is 3.54. The van der Waals surface area contributed by atoms with E-state index < -0.39 is 0 Å². The SMILES string of the molecule is [O-][n+]1oc2ccc3ccccc3c2c1-c1ccccc1. The standard InChI is InChI=1S/C17H11NO2/c19-18-17(13-7-2-1-3-8-13)16-14-9-5-4-6-12(14)10-11-15(16)20-18/h1-11H. The second kappa shape index (κ2) is 4.10. The van der Waals surface area contributed by atoms with Gasteiger partial charge in [-0.05, 0) is 29.0 Å². The van der Waals surface area contributed by atoms with Crippen molar-refractivity contribution in [2.75, 3.05) is 0 Å². The van der Waals surface area contributed by atoms with Crippen LogP contribution in [-0.2, 0) is 0 Å². The lowest BCUT2D eigenvalue weighted by Crippen LogP contribution is -2.24. The van der Waals surface area contributed by atoms with Crippen LogP contribution >= 0.6 is 0 Å². The van der Waals surface area contributed by atoms with Gasteiger partial charge in [0.1, 0.15) is 0 Å². The summed E-state index contributed by atoms with van der Waals surface area (Å²) in [5.41, 5.74) is 2.03. The third-order valence-electron chi connectivity index (χ3n) is 3.54. The number of nitrogens with zero attached hydrogens (tertiary/aromatic N) is 1. The van der Waals surface area contributed by atoms with Gasteiger partial charge in [0.2, 0.25) is 0 Å². The van der Waals surface area contributed by atoms with Gasteiger partial charge in [0.05, 0.1) is 21.4 Å². The van der Waals surface area contributed by atoms with Gasteiger partial charge in [0, 0.05) is 0 Å². The normalized spacial score (nSPS) is 11.2. The van der Waals surface area contributed by atoms with Crippen molar-refractivity contribution >= 4 is 21.7 Å². The Kier molecular flexibility index (Phi) is 2.27. The minimum absolute atomic E-state index is 0.567. The molecule has 0 N–H and O–H groups in total. The number of hydrogen-bond acceptors (Lipinski definition) is 2. The van der Waals surface area contributed by atoms with E-state index in [1.165, 1.54) is 0 Å². The Hall–Kier alpha value is -2.81. The van der Waals surface area contributed by atoms with Crippen molar-refractivity contribution in [2.45, 2.75) is 0 Å². The Morgan fingerprint density at radius 2 is 1.55 bits per heavy atom. The van der Waals surface area contributed by atoms with Gasteiger partial charge in [-0.15, -0.1) is 0 Å². The van der Waals surface area contributed by atoms with E-state index in [4.69, 9.17) is 4.52 Å². The first-order valence-corrected chi connectivity index (χ1v) is 6.44. The van der Waals surface area contributed by atoms with E-state index in [1.807, 2.05) is 66.7 Å². The predicted octanol–water partition coefficient (Wildman–Crippen LogP) is 3.89. The first-order valence-electron chi connectivity index (χ1n) is 6.44. The van der Waals surface area contributed by atoms with Gasteiger partial charge in [-0.1, -0.05) is 48.5 Å². The Morgan fingerprint density at radius 3 is 2.40 bits per heavy atom. The molecule has 0 saturated heterocycles. The molecular weight excluding hydrogens is 250 g/mol. The second-order valence-electron chi connectivity index (χ2n) is 4.72. The van der Waals surface area contributed by atoms with Crippen LogP contribution in [0.5, 0.6) is 0 Å². The molecule has 0 bridgehead atoms. The van der Waals surface area contributed by atoms with Crippen LogP contribution in [0.3, 0.4) is 0 Å². The van der Waals surface area contributed by atoms with Crippen LogP contribution in [0.1, 0.15) is 0 Å². The third kappa shape index (κ3) is 1.50. The van der Waals surface area contributed by atoms with Crippen molar-refractivity contribution in [2.24, 2.45) is 0 Å². The van der Waals surface area contributed by atoms with E-state index in [1.54, 1.807) is 0 Å². The lowest BCUT2D eigenvalue weighted by Gasteiger charge is -1.99. The summed E-state index contributed by atoms with van der Waals surface area (Å²) in [5, 5.41) is 15.1. The van der Waals surface area contributed by atoms with E-state index in [0.717, 1.165) is 21.7 Å². The van der Waals surface area contributed by atoms with Gasteiger partial charge in [-0.3, -0.25) is 5.21 Å². The summed E-state index contributed by atoms with van der Waals surface area (Å²) in [6.45, 7) is 0. The van der Waals surface area contributed by atoms with E-state index >= 15 is 0 Å². The van der Waals surface area contributed by atoms with Crippen molar-refractivity contribution < 1.29 is 9.43 Å². The van der Waals surface area contributed by atoms with E-state index in [9.17, 15) is 5.21 Å². The molecule has 0 aliphatic heterocycles. The van der Waals surface area contributed by atoms with Gasteiger partial charge < -0.3 is 4.52 Å². The molecule has 0 atom stereocenters. The van der Waals surface area contributed by atoms with Crippen LogP contribution in [0.25, 0.3) is 33.0 Å². The Morgan fingerprint density at radius 1 is 0.800 bits per heavy atom. The molecule has 3 heteroatoms. The van der Waals surface area contributed by atoms with Crippen molar-refractivity contribution in [1.29, 1.82) is 0 Å². The van der Waals surface area contributed by atoms with E-state index in [-0.39, 0.29) is 0 Å². The highest BCUT2D eigenvalue weighted by molar-refractivity contribution is 6.10. The molecule has 0 spiro atoms. The van der Waals surface area contributed by atoms with Crippen LogP contribution in [0.2, 0.25) is 0 Å². The molecule has 0 radical (unpaired) electrons. The summed E-state index contributed by atoms with van der Waals surface area (Å²) < 4.78 is 5.32. The van der Waals surface area contributed by atoms with E-state index in [0.29, 0.717) is 16.2 Å². The number of aromatic nitrogens is 1. The largest absolute Gasteiger partial charge is 0.366 e. The molecule has 3 aromatic carbocycles. The lowest BCUT2D eigenvalue weighted by molar-refractivity contribution is -0.779. The highest BCUT2D eigenvalue weighted by atomic mass is 16.7. The first kappa shape index (κ1) is 11.1. The average molecular weight is 261 g/mol. The highest BCUT2D eigenvalue weighted by Crippen LogP contribution is 2.32. The van der Waals surface area contributed by atoms with Gasteiger partial charge >= 0.3 is 0 Å². The molecule has 0 saturated carbocycles. The molecule has 0 amide bonds. The van der Waals surface area contributed by atoms with Gasteiger partial charge in [0.25, 0.3) is 5.69 Å². The molecule has 4 rings (SSSR count). The zero-order valence-corrected chi connectivity index (χ0v) is 10.6. The molecule has 0 unspecified atom stereocenters. The smallest absolute Gasteiger partial charge is 0.284 e.